The zero-order valence-corrected chi connectivity index (χ0v) is 20.4. The summed E-state index contributed by atoms with van der Waals surface area (Å²) in [6, 6.07) is 0. The average molecular weight is 435 g/mol. The SMILES string of the molecule is CCCCCCCCCCCCCCC1OC(C)(C)OC1C(CC)OS(C)(=O)=O. The van der Waals surface area contributed by atoms with Crippen molar-refractivity contribution in [1.29, 1.82) is 0 Å². The van der Waals surface area contributed by atoms with Crippen LogP contribution in [0.5, 0.6) is 0 Å². The topological polar surface area (TPSA) is 61.8 Å². The predicted octanol–water partition coefficient (Wildman–Crippen LogP) is 6.35. The number of unbranched alkanes of at least 4 members (excludes halogenated alkanes) is 11. The molecule has 1 aliphatic heterocycles. The Morgan fingerprint density at radius 2 is 1.31 bits per heavy atom. The highest BCUT2D eigenvalue weighted by Crippen LogP contribution is 2.34. The maximum Gasteiger partial charge on any atom is 0.264 e. The van der Waals surface area contributed by atoms with Gasteiger partial charge < -0.3 is 9.47 Å². The lowest BCUT2D eigenvalue weighted by Crippen LogP contribution is -2.38. The van der Waals surface area contributed by atoms with Crippen LogP contribution in [0.3, 0.4) is 0 Å². The fraction of sp³-hybridized carbons (Fsp3) is 1.00. The minimum absolute atomic E-state index is 0.111. The predicted molar refractivity (Wildman–Crippen MR) is 120 cm³/mol. The summed E-state index contributed by atoms with van der Waals surface area (Å²) in [5.74, 6) is -0.694. The third kappa shape index (κ3) is 12.3. The van der Waals surface area contributed by atoms with Gasteiger partial charge in [0.25, 0.3) is 10.1 Å². The molecule has 0 aromatic heterocycles. The Morgan fingerprint density at radius 1 is 0.828 bits per heavy atom. The van der Waals surface area contributed by atoms with Crippen molar-refractivity contribution in [1.82, 2.24) is 0 Å². The number of rotatable bonds is 17. The van der Waals surface area contributed by atoms with Gasteiger partial charge in [-0.15, -0.1) is 0 Å². The lowest BCUT2D eigenvalue weighted by atomic mass is 9.99. The van der Waals surface area contributed by atoms with Crippen molar-refractivity contribution in [2.45, 2.75) is 142 Å². The molecule has 0 bridgehead atoms. The van der Waals surface area contributed by atoms with Gasteiger partial charge in [-0.2, -0.15) is 8.42 Å². The standard InChI is InChI=1S/C23H46O5S/c1-6-8-9-10-11-12-13-14-15-16-17-18-19-21-22(27-23(3,4)26-21)20(7-2)28-29(5,24)25/h20-22H,6-19H2,1-5H3. The maximum absolute atomic E-state index is 11.6. The lowest BCUT2D eigenvalue weighted by Gasteiger charge is -2.24. The average Bonchev–Trinajstić information content (AvgIpc) is 2.94. The van der Waals surface area contributed by atoms with Gasteiger partial charge in [0.2, 0.25) is 0 Å². The Hall–Kier alpha value is -0.170. The van der Waals surface area contributed by atoms with Crippen LogP contribution in [0.2, 0.25) is 0 Å². The van der Waals surface area contributed by atoms with Gasteiger partial charge in [-0.25, -0.2) is 0 Å². The summed E-state index contributed by atoms with van der Waals surface area (Å²) < 4.78 is 40.5. The summed E-state index contributed by atoms with van der Waals surface area (Å²) in [5.41, 5.74) is 0. The van der Waals surface area contributed by atoms with Gasteiger partial charge in [0, 0.05) is 0 Å². The van der Waals surface area contributed by atoms with E-state index in [4.69, 9.17) is 13.7 Å². The van der Waals surface area contributed by atoms with Gasteiger partial charge in [0.1, 0.15) is 12.2 Å². The van der Waals surface area contributed by atoms with Crippen molar-refractivity contribution >= 4 is 10.1 Å². The van der Waals surface area contributed by atoms with Crippen LogP contribution in [0.1, 0.15) is 118 Å². The molecule has 1 rings (SSSR count). The first-order chi connectivity index (χ1) is 13.7. The Kier molecular flexibility index (Phi) is 13.0. The Labute approximate surface area is 180 Å². The summed E-state index contributed by atoms with van der Waals surface area (Å²) >= 11 is 0. The van der Waals surface area contributed by atoms with E-state index >= 15 is 0 Å². The van der Waals surface area contributed by atoms with E-state index in [9.17, 15) is 8.42 Å². The molecule has 0 aromatic rings. The molecular formula is C23H46O5S. The van der Waals surface area contributed by atoms with Crippen LogP contribution < -0.4 is 0 Å². The molecule has 5 nitrogen and oxygen atoms in total. The molecule has 1 aliphatic rings. The van der Waals surface area contributed by atoms with Crippen molar-refractivity contribution in [3.63, 3.8) is 0 Å². The van der Waals surface area contributed by atoms with Crippen molar-refractivity contribution in [2.75, 3.05) is 6.26 Å². The van der Waals surface area contributed by atoms with E-state index in [1.165, 1.54) is 70.6 Å². The number of hydrogen-bond donors (Lipinski definition) is 0. The van der Waals surface area contributed by atoms with Crippen LogP contribution in [-0.4, -0.2) is 38.8 Å². The van der Waals surface area contributed by atoms with E-state index in [-0.39, 0.29) is 12.2 Å². The summed E-state index contributed by atoms with van der Waals surface area (Å²) in [6.45, 7) is 7.95. The fourth-order valence-corrected chi connectivity index (χ4v) is 4.86. The number of hydrogen-bond acceptors (Lipinski definition) is 5. The molecule has 6 heteroatoms. The largest absolute Gasteiger partial charge is 0.344 e. The van der Waals surface area contributed by atoms with E-state index in [0.29, 0.717) is 6.42 Å². The van der Waals surface area contributed by atoms with Crippen molar-refractivity contribution in [2.24, 2.45) is 0 Å². The van der Waals surface area contributed by atoms with Crippen LogP contribution in [0.4, 0.5) is 0 Å². The molecule has 29 heavy (non-hydrogen) atoms. The van der Waals surface area contributed by atoms with Crippen molar-refractivity contribution < 1.29 is 22.1 Å². The molecule has 1 fully saturated rings. The van der Waals surface area contributed by atoms with E-state index in [1.807, 2.05) is 20.8 Å². The molecule has 0 N–H and O–H groups in total. The molecule has 1 heterocycles. The van der Waals surface area contributed by atoms with Crippen molar-refractivity contribution in [3.05, 3.63) is 0 Å². The fourth-order valence-electron chi connectivity index (χ4n) is 4.17. The number of ether oxygens (including phenoxy) is 2. The van der Waals surface area contributed by atoms with Crippen LogP contribution in [0, 0.1) is 0 Å². The second kappa shape index (κ2) is 14.0. The summed E-state index contributed by atoms with van der Waals surface area (Å²) in [5, 5.41) is 0. The highest BCUT2D eigenvalue weighted by molar-refractivity contribution is 7.86. The van der Waals surface area contributed by atoms with Gasteiger partial charge in [0.15, 0.2) is 5.79 Å². The van der Waals surface area contributed by atoms with E-state index in [1.54, 1.807) is 0 Å². The molecule has 0 amide bonds. The summed E-state index contributed by atoms with van der Waals surface area (Å²) in [6.07, 6.45) is 17.4. The van der Waals surface area contributed by atoms with E-state index in [0.717, 1.165) is 19.1 Å². The summed E-state index contributed by atoms with van der Waals surface area (Å²) in [4.78, 5) is 0. The maximum atomic E-state index is 11.6. The molecular weight excluding hydrogens is 388 g/mol. The molecule has 174 valence electrons. The minimum atomic E-state index is -3.52. The molecule has 0 saturated carbocycles. The highest BCUT2D eigenvalue weighted by Gasteiger charge is 2.45. The van der Waals surface area contributed by atoms with Gasteiger partial charge >= 0.3 is 0 Å². The highest BCUT2D eigenvalue weighted by atomic mass is 32.2. The van der Waals surface area contributed by atoms with Crippen molar-refractivity contribution in [3.8, 4) is 0 Å². The van der Waals surface area contributed by atoms with Crippen LogP contribution in [-0.2, 0) is 23.8 Å². The van der Waals surface area contributed by atoms with Gasteiger partial charge in [0.05, 0.1) is 12.4 Å². The second-order valence-corrected chi connectivity index (χ2v) is 10.7. The monoisotopic (exact) mass is 434 g/mol. The molecule has 3 atom stereocenters. The van der Waals surface area contributed by atoms with Crippen LogP contribution >= 0.6 is 0 Å². The Bertz CT molecular complexity index is 517. The van der Waals surface area contributed by atoms with Gasteiger partial charge in [-0.3, -0.25) is 4.18 Å². The minimum Gasteiger partial charge on any atom is -0.344 e. The zero-order chi connectivity index (χ0) is 21.8. The van der Waals surface area contributed by atoms with Crippen LogP contribution in [0.25, 0.3) is 0 Å². The third-order valence-corrected chi connectivity index (χ3v) is 6.23. The Morgan fingerprint density at radius 3 is 1.76 bits per heavy atom. The molecule has 0 aliphatic carbocycles. The normalized spacial score (nSPS) is 22.8. The first-order valence-corrected chi connectivity index (χ1v) is 13.7. The first-order valence-electron chi connectivity index (χ1n) is 11.9. The summed E-state index contributed by atoms with van der Waals surface area (Å²) in [7, 11) is -3.52. The smallest absolute Gasteiger partial charge is 0.264 e. The quantitative estimate of drug-likeness (QED) is 0.197. The zero-order valence-electron chi connectivity index (χ0n) is 19.6. The third-order valence-electron chi connectivity index (χ3n) is 5.63. The Balaban J connectivity index is 2.22. The molecule has 1 saturated heterocycles. The molecule has 0 spiro atoms. The first kappa shape index (κ1) is 26.9. The van der Waals surface area contributed by atoms with Gasteiger partial charge in [-0.1, -0.05) is 90.9 Å². The lowest BCUT2D eigenvalue weighted by molar-refractivity contribution is -0.153. The second-order valence-electron chi connectivity index (χ2n) is 9.06. The van der Waals surface area contributed by atoms with E-state index in [2.05, 4.69) is 6.92 Å². The molecule has 3 unspecified atom stereocenters. The van der Waals surface area contributed by atoms with Crippen LogP contribution in [0.15, 0.2) is 0 Å². The molecule has 0 radical (unpaired) electrons. The molecule has 0 aromatic carbocycles. The van der Waals surface area contributed by atoms with Gasteiger partial charge in [-0.05, 0) is 26.7 Å². The van der Waals surface area contributed by atoms with E-state index < -0.39 is 22.0 Å².